The molecule has 3 amide bonds. The van der Waals surface area contributed by atoms with E-state index in [0.717, 1.165) is 11.3 Å². The number of aromatic nitrogens is 3. The number of anilines is 3. The summed E-state index contributed by atoms with van der Waals surface area (Å²) in [6, 6.07) is 0. The first-order valence-electron chi connectivity index (χ1n) is 5.86. The lowest BCUT2D eigenvalue weighted by atomic mass is 10.5. The fraction of sp³-hybridized carbons (Fsp3) is 0.273. The summed E-state index contributed by atoms with van der Waals surface area (Å²) in [5.41, 5.74) is 0.270. The lowest BCUT2D eigenvalue weighted by Crippen LogP contribution is -2.13. The van der Waals surface area contributed by atoms with Crippen LogP contribution in [0.3, 0.4) is 0 Å². The van der Waals surface area contributed by atoms with Crippen LogP contribution >= 0.6 is 11.3 Å². The number of nitrogens with one attached hydrogen (secondary N) is 3. The zero-order chi connectivity index (χ0) is 15.6. The molecule has 2 heterocycles. The van der Waals surface area contributed by atoms with Gasteiger partial charge in [0.1, 0.15) is 4.70 Å². The Labute approximate surface area is 123 Å². The first kappa shape index (κ1) is 14.8. The van der Waals surface area contributed by atoms with Gasteiger partial charge in [-0.15, -0.1) is 0 Å². The Morgan fingerprint density at radius 1 is 0.857 bits per heavy atom. The molecule has 10 heteroatoms. The van der Waals surface area contributed by atoms with Gasteiger partial charge in [0.25, 0.3) is 0 Å². The van der Waals surface area contributed by atoms with E-state index in [1.807, 2.05) is 0 Å². The van der Waals surface area contributed by atoms with Gasteiger partial charge >= 0.3 is 0 Å². The summed E-state index contributed by atoms with van der Waals surface area (Å²) in [5, 5.41) is 7.84. The lowest BCUT2D eigenvalue weighted by molar-refractivity contribution is -0.115. The van der Waals surface area contributed by atoms with E-state index in [9.17, 15) is 14.4 Å². The van der Waals surface area contributed by atoms with E-state index in [1.54, 1.807) is 0 Å². The third-order valence-corrected chi connectivity index (χ3v) is 3.09. The molecule has 0 saturated heterocycles. The van der Waals surface area contributed by atoms with Crippen molar-refractivity contribution in [3.8, 4) is 0 Å². The minimum Gasteiger partial charge on any atom is -0.310 e. The van der Waals surface area contributed by atoms with Gasteiger partial charge in [0.15, 0.2) is 16.6 Å². The van der Waals surface area contributed by atoms with E-state index in [0.29, 0.717) is 9.83 Å². The minimum atomic E-state index is -0.347. The maximum absolute atomic E-state index is 11.2. The van der Waals surface area contributed by atoms with Gasteiger partial charge in [-0.25, -0.2) is 0 Å². The first-order valence-corrected chi connectivity index (χ1v) is 6.68. The molecular formula is C11H12N6O3S. The number of carbonyl (C=O) groups is 3. The molecule has 3 N–H and O–H groups in total. The molecule has 0 unspecified atom stereocenters. The van der Waals surface area contributed by atoms with Gasteiger partial charge in [-0.3, -0.25) is 19.7 Å². The van der Waals surface area contributed by atoms with Gasteiger partial charge in [0.2, 0.25) is 23.7 Å². The number of amides is 3. The number of hydrogen-bond donors (Lipinski definition) is 3. The molecule has 110 valence electrons. The van der Waals surface area contributed by atoms with Crippen LogP contribution in [0.1, 0.15) is 20.8 Å². The van der Waals surface area contributed by atoms with Gasteiger partial charge in [0, 0.05) is 20.8 Å². The SMILES string of the molecule is CC(=O)Nc1nc(NC(C)=O)c2sc(NC(C)=O)nc2n1. The highest BCUT2D eigenvalue weighted by Gasteiger charge is 2.15. The van der Waals surface area contributed by atoms with Crippen molar-refractivity contribution in [2.45, 2.75) is 20.8 Å². The van der Waals surface area contributed by atoms with Crippen molar-refractivity contribution in [2.75, 3.05) is 16.0 Å². The van der Waals surface area contributed by atoms with Crippen LogP contribution in [-0.4, -0.2) is 32.7 Å². The predicted molar refractivity (Wildman–Crippen MR) is 78.1 cm³/mol. The van der Waals surface area contributed by atoms with Crippen LogP contribution in [0.15, 0.2) is 0 Å². The second-order valence-electron chi connectivity index (χ2n) is 4.11. The van der Waals surface area contributed by atoms with Crippen LogP contribution in [0, 0.1) is 0 Å². The summed E-state index contributed by atoms with van der Waals surface area (Å²) < 4.78 is 0.503. The molecule has 21 heavy (non-hydrogen) atoms. The van der Waals surface area contributed by atoms with Crippen molar-refractivity contribution >= 4 is 56.3 Å². The predicted octanol–water partition coefficient (Wildman–Crippen LogP) is 0.961. The molecule has 0 aromatic carbocycles. The summed E-state index contributed by atoms with van der Waals surface area (Å²) in [6.07, 6.45) is 0. The van der Waals surface area contributed by atoms with Crippen LogP contribution in [-0.2, 0) is 14.4 Å². The number of rotatable bonds is 3. The van der Waals surface area contributed by atoms with E-state index in [2.05, 4.69) is 30.9 Å². The quantitative estimate of drug-likeness (QED) is 0.775. The summed E-state index contributed by atoms with van der Waals surface area (Å²) in [7, 11) is 0. The van der Waals surface area contributed by atoms with E-state index >= 15 is 0 Å². The van der Waals surface area contributed by atoms with Crippen molar-refractivity contribution in [1.29, 1.82) is 0 Å². The van der Waals surface area contributed by atoms with Crippen LogP contribution in [0.5, 0.6) is 0 Å². The third-order valence-electron chi connectivity index (χ3n) is 2.12. The molecule has 0 spiro atoms. The molecule has 0 aliphatic heterocycles. The van der Waals surface area contributed by atoms with E-state index in [-0.39, 0.29) is 35.1 Å². The Kier molecular flexibility index (Phi) is 4.08. The van der Waals surface area contributed by atoms with Gasteiger partial charge in [-0.05, 0) is 0 Å². The molecule has 0 saturated carbocycles. The van der Waals surface area contributed by atoms with Gasteiger partial charge in [0.05, 0.1) is 0 Å². The highest BCUT2D eigenvalue weighted by molar-refractivity contribution is 7.22. The number of fused-ring (bicyclic) bond motifs is 1. The molecule has 9 nitrogen and oxygen atoms in total. The average molecular weight is 308 g/mol. The second-order valence-corrected chi connectivity index (χ2v) is 5.11. The van der Waals surface area contributed by atoms with Gasteiger partial charge in [-0.1, -0.05) is 11.3 Å². The molecule has 2 aromatic rings. The topological polar surface area (TPSA) is 126 Å². The number of hydrogen-bond acceptors (Lipinski definition) is 7. The Morgan fingerprint density at radius 3 is 2.05 bits per heavy atom. The third kappa shape index (κ3) is 3.69. The number of nitrogens with zero attached hydrogens (tertiary/aromatic N) is 3. The summed E-state index contributed by atoms with van der Waals surface area (Å²) in [6.45, 7) is 4.01. The van der Waals surface area contributed by atoms with Crippen molar-refractivity contribution in [3.05, 3.63) is 0 Å². The fourth-order valence-corrected chi connectivity index (χ4v) is 2.39. The maximum Gasteiger partial charge on any atom is 0.233 e. The molecule has 2 aromatic heterocycles. The van der Waals surface area contributed by atoms with E-state index in [1.165, 1.54) is 20.8 Å². The first-order chi connectivity index (χ1) is 9.85. The second kappa shape index (κ2) is 5.79. The van der Waals surface area contributed by atoms with Crippen LogP contribution in [0.25, 0.3) is 10.3 Å². The summed E-state index contributed by atoms with van der Waals surface area (Å²) in [5.74, 6) is -0.687. The smallest absolute Gasteiger partial charge is 0.233 e. The Balaban J connectivity index is 2.52. The standard InChI is InChI=1S/C11H12N6O3S/c1-4(18)12-8-7-9(16-10(15-8)13-5(2)19)17-11(21-7)14-6(3)20/h1-3H3,(H3,12,13,14,15,16,17,18,19,20). The molecule has 0 bridgehead atoms. The van der Waals surface area contributed by atoms with Crippen LogP contribution in [0.2, 0.25) is 0 Å². The van der Waals surface area contributed by atoms with E-state index < -0.39 is 0 Å². The van der Waals surface area contributed by atoms with Gasteiger partial charge < -0.3 is 10.6 Å². The molecule has 0 fully saturated rings. The van der Waals surface area contributed by atoms with Crippen molar-refractivity contribution < 1.29 is 14.4 Å². The highest BCUT2D eigenvalue weighted by Crippen LogP contribution is 2.31. The van der Waals surface area contributed by atoms with Gasteiger partial charge in [-0.2, -0.15) is 15.0 Å². The molecule has 0 aliphatic rings. The van der Waals surface area contributed by atoms with Crippen molar-refractivity contribution in [3.63, 3.8) is 0 Å². The number of thiazole rings is 1. The Bertz CT molecular complexity index is 741. The number of carbonyl (C=O) groups excluding carboxylic acids is 3. The molecule has 2 rings (SSSR count). The maximum atomic E-state index is 11.2. The Morgan fingerprint density at radius 2 is 1.48 bits per heavy atom. The fourth-order valence-electron chi connectivity index (χ4n) is 1.49. The monoisotopic (exact) mass is 308 g/mol. The molecule has 0 atom stereocenters. The normalized spacial score (nSPS) is 10.2. The minimum absolute atomic E-state index is 0.0263. The summed E-state index contributed by atoms with van der Waals surface area (Å²) >= 11 is 1.13. The lowest BCUT2D eigenvalue weighted by Gasteiger charge is -2.05. The Hall–Kier alpha value is -2.62. The summed E-state index contributed by atoms with van der Waals surface area (Å²) in [4.78, 5) is 45.6. The molecule has 0 aliphatic carbocycles. The van der Waals surface area contributed by atoms with Crippen molar-refractivity contribution in [1.82, 2.24) is 15.0 Å². The van der Waals surface area contributed by atoms with Crippen LogP contribution in [0.4, 0.5) is 16.9 Å². The average Bonchev–Trinajstić information content (AvgIpc) is 2.68. The zero-order valence-corrected chi connectivity index (χ0v) is 12.3. The molecule has 0 radical (unpaired) electrons. The van der Waals surface area contributed by atoms with Crippen molar-refractivity contribution in [2.24, 2.45) is 0 Å². The zero-order valence-electron chi connectivity index (χ0n) is 11.5. The largest absolute Gasteiger partial charge is 0.310 e. The highest BCUT2D eigenvalue weighted by atomic mass is 32.1. The van der Waals surface area contributed by atoms with Crippen LogP contribution < -0.4 is 16.0 Å². The van der Waals surface area contributed by atoms with E-state index in [4.69, 9.17) is 0 Å². The molecular weight excluding hydrogens is 296 g/mol.